The quantitative estimate of drug-likeness (QED) is 0.547. The minimum absolute atomic E-state index is 0.303. The molecule has 0 aromatic rings. The number of rotatable bonds is 5. The summed E-state index contributed by atoms with van der Waals surface area (Å²) in [5, 5.41) is 16.1. The van der Waals surface area contributed by atoms with Gasteiger partial charge in [-0.05, 0) is 0 Å². The summed E-state index contributed by atoms with van der Waals surface area (Å²) in [5.41, 5.74) is -0.303. The molecule has 3 radical (unpaired) electrons. The number of carbonyl (C=O) groups is 2. The number of aliphatic carboxylic acids is 2. The Balaban J connectivity index is 0. The molecule has 0 aliphatic heterocycles. The maximum absolute atomic E-state index is 9.87. The van der Waals surface area contributed by atoms with E-state index >= 15 is 0 Å². The Morgan fingerprint density at radius 3 is 1.93 bits per heavy atom. The number of unbranched alkanes of at least 4 members (excludes halogenated alkanes) is 1. The van der Waals surface area contributed by atoms with Gasteiger partial charge in [-0.25, -0.2) is 4.79 Å². The molecule has 2 N–H and O–H groups in total. The summed E-state index contributed by atoms with van der Waals surface area (Å²) in [4.78, 5) is 19.7. The summed E-state index contributed by atoms with van der Waals surface area (Å²) in [7, 11) is 0. The van der Waals surface area contributed by atoms with Crippen LogP contribution in [0.5, 0.6) is 0 Å². The van der Waals surface area contributed by atoms with Crippen molar-refractivity contribution in [2.45, 2.75) is 30.2 Å². The van der Waals surface area contributed by atoms with Crippen LogP contribution in [0.2, 0.25) is 3.98 Å². The number of hydrogen-bond donors (Lipinski definition) is 2. The Labute approximate surface area is 99.7 Å². The normalized spacial score (nSPS) is 8.43. The van der Waals surface area contributed by atoms with Crippen LogP contribution in [0, 0.1) is 0 Å². The van der Waals surface area contributed by atoms with Crippen molar-refractivity contribution in [3.63, 3.8) is 0 Å². The number of carboxylic acid groups (broad SMARTS) is 2. The number of carboxylic acids is 2. The SMILES string of the molecule is C=C(CC(=O)O)C(=O)O.CCC[CH2][Pb]. The first-order valence-electron chi connectivity index (χ1n) is 4.23. The monoisotopic (exact) mass is 395 g/mol. The van der Waals surface area contributed by atoms with Gasteiger partial charge in [0.2, 0.25) is 0 Å². The molecule has 0 unspecified atom stereocenters. The van der Waals surface area contributed by atoms with Gasteiger partial charge >= 0.3 is 61.5 Å². The van der Waals surface area contributed by atoms with E-state index in [1.165, 1.54) is 42.6 Å². The van der Waals surface area contributed by atoms with Crippen molar-refractivity contribution in [3.8, 4) is 0 Å². The van der Waals surface area contributed by atoms with Crippen LogP contribution in [0.3, 0.4) is 0 Å². The van der Waals surface area contributed by atoms with E-state index in [9.17, 15) is 9.59 Å². The molecule has 0 atom stereocenters. The number of hydrogen-bond acceptors (Lipinski definition) is 2. The fraction of sp³-hybridized carbons (Fsp3) is 0.556. The van der Waals surface area contributed by atoms with Crippen molar-refractivity contribution in [3.05, 3.63) is 12.2 Å². The summed E-state index contributed by atoms with van der Waals surface area (Å²) in [6.07, 6.45) is 2.32. The minimum atomic E-state index is -1.27. The van der Waals surface area contributed by atoms with Crippen LogP contribution in [0.4, 0.5) is 0 Å². The van der Waals surface area contributed by atoms with Crippen LogP contribution in [0.15, 0.2) is 12.2 Å². The van der Waals surface area contributed by atoms with Gasteiger partial charge in [-0.2, -0.15) is 0 Å². The molecule has 0 rings (SSSR count). The molecule has 0 fully saturated rings. The van der Waals surface area contributed by atoms with Gasteiger partial charge in [-0.15, -0.1) is 0 Å². The summed E-state index contributed by atoms with van der Waals surface area (Å²) in [5.74, 6) is -2.44. The Bertz CT molecular complexity index is 199. The molecule has 4 nitrogen and oxygen atoms in total. The summed E-state index contributed by atoms with van der Waals surface area (Å²) < 4.78 is 1.48. The van der Waals surface area contributed by atoms with Crippen molar-refractivity contribution >= 4 is 37.7 Å². The first kappa shape index (κ1) is 16.0. The molecule has 0 heterocycles. The Morgan fingerprint density at radius 1 is 1.36 bits per heavy atom. The van der Waals surface area contributed by atoms with E-state index in [2.05, 4.69) is 13.5 Å². The molecule has 0 saturated heterocycles. The van der Waals surface area contributed by atoms with E-state index in [0.29, 0.717) is 0 Å². The van der Waals surface area contributed by atoms with Crippen LogP contribution in [-0.4, -0.2) is 47.9 Å². The van der Waals surface area contributed by atoms with E-state index in [1.54, 1.807) is 0 Å². The van der Waals surface area contributed by atoms with Crippen LogP contribution >= 0.6 is 0 Å². The van der Waals surface area contributed by atoms with Gasteiger partial charge in [0.15, 0.2) is 0 Å². The first-order chi connectivity index (χ1) is 6.45. The zero-order valence-corrected chi connectivity index (χ0v) is 12.1. The molecular formula is C9H15O4Pb. The third-order valence-corrected chi connectivity index (χ3v) is 2.57. The van der Waals surface area contributed by atoms with Crippen molar-refractivity contribution in [1.82, 2.24) is 0 Å². The molecule has 0 bridgehead atoms. The van der Waals surface area contributed by atoms with E-state index in [1.807, 2.05) is 0 Å². The fourth-order valence-electron chi connectivity index (χ4n) is 0.435. The third kappa shape index (κ3) is 14.1. The third-order valence-electron chi connectivity index (χ3n) is 1.20. The topological polar surface area (TPSA) is 74.6 Å². The molecule has 14 heavy (non-hydrogen) atoms. The van der Waals surface area contributed by atoms with Gasteiger partial charge in [0.1, 0.15) is 0 Å². The zero-order chi connectivity index (χ0) is 11.6. The van der Waals surface area contributed by atoms with Gasteiger partial charge in [-0.3, -0.25) is 4.79 Å². The average molecular weight is 394 g/mol. The second-order valence-electron chi connectivity index (χ2n) is 2.58. The Kier molecular flexibility index (Phi) is 12.2. The van der Waals surface area contributed by atoms with Gasteiger partial charge in [0.25, 0.3) is 0 Å². The van der Waals surface area contributed by atoms with Crippen molar-refractivity contribution in [1.29, 1.82) is 0 Å². The van der Waals surface area contributed by atoms with E-state index < -0.39 is 18.4 Å². The molecule has 0 aromatic heterocycles. The van der Waals surface area contributed by atoms with Crippen molar-refractivity contribution in [2.75, 3.05) is 0 Å². The van der Waals surface area contributed by atoms with Crippen LogP contribution in [-0.2, 0) is 9.59 Å². The molecule has 0 aliphatic rings. The van der Waals surface area contributed by atoms with Crippen LogP contribution < -0.4 is 0 Å². The predicted molar refractivity (Wildman–Crippen MR) is 54.5 cm³/mol. The summed E-state index contributed by atoms with van der Waals surface area (Å²) >= 11 is 1.40. The molecule has 0 amide bonds. The maximum atomic E-state index is 9.87. The zero-order valence-electron chi connectivity index (χ0n) is 8.25. The van der Waals surface area contributed by atoms with Crippen LogP contribution in [0.1, 0.15) is 26.2 Å². The second-order valence-corrected chi connectivity index (χ2v) is 4.53. The Morgan fingerprint density at radius 2 is 1.86 bits per heavy atom. The molecule has 0 saturated carbocycles. The Hall–Kier alpha value is -0.398. The molecule has 0 aromatic carbocycles. The summed E-state index contributed by atoms with van der Waals surface area (Å²) in [6.45, 7) is 5.25. The van der Waals surface area contributed by atoms with Crippen LogP contribution in [0.25, 0.3) is 0 Å². The second kappa shape index (κ2) is 10.7. The first-order valence-corrected chi connectivity index (χ1v) is 6.98. The van der Waals surface area contributed by atoms with E-state index in [0.717, 1.165) is 0 Å². The molecule has 5 heteroatoms. The average Bonchev–Trinajstić information content (AvgIpc) is 2.05. The van der Waals surface area contributed by atoms with E-state index in [4.69, 9.17) is 10.2 Å². The molecular weight excluding hydrogens is 379 g/mol. The van der Waals surface area contributed by atoms with Crippen molar-refractivity contribution < 1.29 is 19.8 Å². The fourth-order valence-corrected chi connectivity index (χ4v) is 1.81. The predicted octanol–water partition coefficient (Wildman–Crippen LogP) is 1.48. The van der Waals surface area contributed by atoms with Crippen molar-refractivity contribution in [2.24, 2.45) is 0 Å². The van der Waals surface area contributed by atoms with Gasteiger partial charge in [0.05, 0.1) is 6.42 Å². The van der Waals surface area contributed by atoms with E-state index in [-0.39, 0.29) is 5.57 Å². The standard InChI is InChI=1S/C5H6O4.C4H9.Pb/c1-3(5(8)9)2-4(6)7;1-3-4-2;/h1-2H2,(H,6,7)(H,8,9);1,3-4H2,2H3;. The van der Waals surface area contributed by atoms with Gasteiger partial charge in [-0.1, -0.05) is 6.58 Å². The summed E-state index contributed by atoms with van der Waals surface area (Å²) in [6, 6.07) is 0. The van der Waals surface area contributed by atoms with Gasteiger partial charge < -0.3 is 10.2 Å². The molecule has 79 valence electrons. The molecule has 0 aliphatic carbocycles. The van der Waals surface area contributed by atoms with Gasteiger partial charge in [0, 0.05) is 5.57 Å². The molecule has 0 spiro atoms.